The molecule has 0 bridgehead atoms. The molecule has 1 fully saturated rings. The van der Waals surface area contributed by atoms with Crippen LogP contribution in [0.4, 0.5) is 11.5 Å². The van der Waals surface area contributed by atoms with E-state index < -0.39 is 0 Å². The number of aromatic amines is 1. The lowest BCUT2D eigenvalue weighted by Gasteiger charge is -2.35. The van der Waals surface area contributed by atoms with Crippen LogP contribution >= 0.6 is 0 Å². The zero-order chi connectivity index (χ0) is 22.2. The Bertz CT molecular complexity index is 976. The minimum absolute atomic E-state index is 0.0270. The lowest BCUT2D eigenvalue weighted by Crippen LogP contribution is -2.49. The topological polar surface area (TPSA) is 127 Å². The molecular weight excluding hydrogens is 398 g/mol. The second kappa shape index (κ2) is 10.5. The first-order valence-electron chi connectivity index (χ1n) is 10.3. The molecule has 1 aliphatic heterocycles. The molecular formula is C21H27N7O3. The van der Waals surface area contributed by atoms with Crippen LogP contribution in [0.2, 0.25) is 0 Å². The van der Waals surface area contributed by atoms with Gasteiger partial charge < -0.3 is 19.9 Å². The molecule has 3 rings (SSSR count). The molecule has 2 aromatic heterocycles. The Morgan fingerprint density at radius 2 is 2.10 bits per heavy atom. The average molecular weight is 425 g/mol. The summed E-state index contributed by atoms with van der Waals surface area (Å²) in [5.41, 5.74) is 1.56. The minimum atomic E-state index is -0.223. The molecule has 0 unspecified atom stereocenters. The van der Waals surface area contributed by atoms with Gasteiger partial charge in [0.05, 0.1) is 37.1 Å². The molecule has 1 atom stereocenters. The number of nitrogens with one attached hydrogen (secondary N) is 2. The molecule has 3 heterocycles. The van der Waals surface area contributed by atoms with Gasteiger partial charge in [-0.2, -0.15) is 10.4 Å². The molecule has 10 heteroatoms. The lowest BCUT2D eigenvalue weighted by molar-refractivity contribution is -0.132. The van der Waals surface area contributed by atoms with Gasteiger partial charge in [0, 0.05) is 44.0 Å². The van der Waals surface area contributed by atoms with Crippen LogP contribution < -0.4 is 15.8 Å². The third kappa shape index (κ3) is 6.02. The van der Waals surface area contributed by atoms with Crippen molar-refractivity contribution in [1.82, 2.24) is 20.1 Å². The van der Waals surface area contributed by atoms with E-state index in [1.54, 1.807) is 25.4 Å². The number of piperazine rings is 1. The SMILES string of the molecule is Cc1c(N[C@@H](C)COCCC(=O)N2CCN(c3ccc(C#N)cn3)CC2)cn[nH]c1=O. The summed E-state index contributed by atoms with van der Waals surface area (Å²) in [6.45, 7) is 7.10. The van der Waals surface area contributed by atoms with Gasteiger partial charge >= 0.3 is 0 Å². The summed E-state index contributed by atoms with van der Waals surface area (Å²) in [6, 6.07) is 5.62. The number of nitrogens with zero attached hydrogens (tertiary/aromatic N) is 5. The smallest absolute Gasteiger partial charge is 0.269 e. The van der Waals surface area contributed by atoms with Gasteiger partial charge in [-0.3, -0.25) is 9.59 Å². The minimum Gasteiger partial charge on any atom is -0.379 e. The van der Waals surface area contributed by atoms with Gasteiger partial charge in [0.25, 0.3) is 5.56 Å². The van der Waals surface area contributed by atoms with E-state index in [2.05, 4.69) is 31.5 Å². The highest BCUT2D eigenvalue weighted by Gasteiger charge is 2.21. The molecule has 10 nitrogen and oxygen atoms in total. The van der Waals surface area contributed by atoms with E-state index in [9.17, 15) is 9.59 Å². The monoisotopic (exact) mass is 425 g/mol. The Morgan fingerprint density at radius 1 is 1.32 bits per heavy atom. The fourth-order valence-corrected chi connectivity index (χ4v) is 3.31. The van der Waals surface area contributed by atoms with Crippen molar-refractivity contribution in [2.75, 3.05) is 49.6 Å². The number of carbonyl (C=O) groups is 1. The molecule has 1 aliphatic rings. The Hall–Kier alpha value is -3.45. The molecule has 0 radical (unpaired) electrons. The van der Waals surface area contributed by atoms with Crippen LogP contribution in [0, 0.1) is 18.3 Å². The summed E-state index contributed by atoms with van der Waals surface area (Å²) < 4.78 is 5.65. The van der Waals surface area contributed by atoms with Crippen molar-refractivity contribution in [2.24, 2.45) is 0 Å². The summed E-state index contributed by atoms with van der Waals surface area (Å²) in [6.07, 6.45) is 3.46. The van der Waals surface area contributed by atoms with Crippen molar-refractivity contribution in [3.8, 4) is 6.07 Å². The fraction of sp³-hybridized carbons (Fsp3) is 0.476. The number of ether oxygens (including phenoxy) is 1. The molecule has 31 heavy (non-hydrogen) atoms. The number of amides is 1. The maximum Gasteiger partial charge on any atom is 0.269 e. The largest absolute Gasteiger partial charge is 0.379 e. The first kappa shape index (κ1) is 22.2. The van der Waals surface area contributed by atoms with E-state index in [-0.39, 0.29) is 17.5 Å². The number of nitriles is 1. The first-order valence-corrected chi connectivity index (χ1v) is 10.3. The highest BCUT2D eigenvalue weighted by atomic mass is 16.5. The van der Waals surface area contributed by atoms with E-state index >= 15 is 0 Å². The Balaban J connectivity index is 1.35. The van der Waals surface area contributed by atoms with Crippen LogP contribution in [0.25, 0.3) is 0 Å². The van der Waals surface area contributed by atoms with E-state index in [1.807, 2.05) is 17.9 Å². The maximum atomic E-state index is 12.5. The molecule has 0 aliphatic carbocycles. The normalized spacial score (nSPS) is 14.7. The molecule has 1 saturated heterocycles. The second-order valence-corrected chi connectivity index (χ2v) is 7.49. The number of aromatic nitrogens is 3. The summed E-state index contributed by atoms with van der Waals surface area (Å²) >= 11 is 0. The van der Waals surface area contributed by atoms with Crippen molar-refractivity contribution in [2.45, 2.75) is 26.3 Å². The predicted octanol–water partition coefficient (Wildman–Crippen LogP) is 0.901. The molecule has 0 aromatic carbocycles. The highest BCUT2D eigenvalue weighted by molar-refractivity contribution is 5.76. The Morgan fingerprint density at radius 3 is 2.77 bits per heavy atom. The lowest BCUT2D eigenvalue weighted by atomic mass is 10.2. The van der Waals surface area contributed by atoms with Crippen LogP contribution in [0.15, 0.2) is 29.3 Å². The summed E-state index contributed by atoms with van der Waals surface area (Å²) in [5, 5.41) is 18.2. The summed E-state index contributed by atoms with van der Waals surface area (Å²) in [7, 11) is 0. The highest BCUT2D eigenvalue weighted by Crippen LogP contribution is 2.14. The molecule has 2 aromatic rings. The van der Waals surface area contributed by atoms with Gasteiger partial charge in [-0.25, -0.2) is 10.1 Å². The third-order valence-corrected chi connectivity index (χ3v) is 5.17. The summed E-state index contributed by atoms with van der Waals surface area (Å²) in [4.78, 5) is 32.3. The van der Waals surface area contributed by atoms with Crippen LogP contribution in [0.5, 0.6) is 0 Å². The van der Waals surface area contributed by atoms with Gasteiger partial charge in [0.15, 0.2) is 0 Å². The zero-order valence-corrected chi connectivity index (χ0v) is 17.8. The van der Waals surface area contributed by atoms with Gasteiger partial charge in [-0.1, -0.05) is 0 Å². The number of H-pyrrole nitrogens is 1. The molecule has 2 N–H and O–H groups in total. The van der Waals surface area contributed by atoms with Crippen LogP contribution in [-0.4, -0.2) is 71.4 Å². The number of hydrogen-bond donors (Lipinski definition) is 2. The number of anilines is 2. The number of rotatable bonds is 8. The Labute approximate surface area is 180 Å². The van der Waals surface area contributed by atoms with Crippen LogP contribution in [0.3, 0.4) is 0 Å². The predicted molar refractivity (Wildman–Crippen MR) is 116 cm³/mol. The molecule has 0 saturated carbocycles. The van der Waals surface area contributed by atoms with Crippen LogP contribution in [0.1, 0.15) is 24.5 Å². The number of pyridine rings is 1. The molecule has 164 valence electrons. The van der Waals surface area contributed by atoms with Crippen molar-refractivity contribution in [1.29, 1.82) is 5.26 Å². The van der Waals surface area contributed by atoms with Crippen molar-refractivity contribution < 1.29 is 9.53 Å². The van der Waals surface area contributed by atoms with Gasteiger partial charge in [-0.15, -0.1) is 0 Å². The average Bonchev–Trinajstić information content (AvgIpc) is 2.80. The molecule has 0 spiro atoms. The number of hydrogen-bond acceptors (Lipinski definition) is 8. The quantitative estimate of drug-likeness (QED) is 0.597. The van der Waals surface area contributed by atoms with E-state index in [1.165, 1.54) is 0 Å². The van der Waals surface area contributed by atoms with Gasteiger partial charge in [0.1, 0.15) is 11.9 Å². The van der Waals surface area contributed by atoms with E-state index in [4.69, 9.17) is 10.00 Å². The first-order chi connectivity index (χ1) is 15.0. The van der Waals surface area contributed by atoms with Crippen LogP contribution in [-0.2, 0) is 9.53 Å². The zero-order valence-electron chi connectivity index (χ0n) is 17.8. The van der Waals surface area contributed by atoms with E-state index in [0.29, 0.717) is 62.6 Å². The standard InChI is InChI=1S/C21H27N7O3/c1-15(25-18-13-24-26-21(30)16(18)2)14-31-10-5-20(29)28-8-6-27(7-9-28)19-4-3-17(11-22)12-23-19/h3-4,12-13,15H,5-10,14H2,1-2H3,(H2,25,26,30)/t15-/m0/s1. The second-order valence-electron chi connectivity index (χ2n) is 7.49. The van der Waals surface area contributed by atoms with Crippen molar-refractivity contribution in [3.63, 3.8) is 0 Å². The molecule has 1 amide bonds. The van der Waals surface area contributed by atoms with Gasteiger partial charge in [0.2, 0.25) is 5.91 Å². The number of carbonyl (C=O) groups excluding carboxylic acids is 1. The summed E-state index contributed by atoms with van der Waals surface area (Å²) in [5.74, 6) is 0.893. The van der Waals surface area contributed by atoms with Crippen molar-refractivity contribution >= 4 is 17.4 Å². The van der Waals surface area contributed by atoms with Gasteiger partial charge in [-0.05, 0) is 26.0 Å². The van der Waals surface area contributed by atoms with Crippen molar-refractivity contribution in [3.05, 3.63) is 46.0 Å². The Kier molecular flexibility index (Phi) is 7.56. The fourth-order valence-electron chi connectivity index (χ4n) is 3.31. The maximum absolute atomic E-state index is 12.5. The van der Waals surface area contributed by atoms with E-state index in [0.717, 1.165) is 5.82 Å². The third-order valence-electron chi connectivity index (χ3n) is 5.17.